The van der Waals surface area contributed by atoms with Gasteiger partial charge in [0.15, 0.2) is 0 Å². The monoisotopic (exact) mass is 392 g/mol. The number of aromatic nitrogens is 1. The lowest BCUT2D eigenvalue weighted by atomic mass is 9.74. The summed E-state index contributed by atoms with van der Waals surface area (Å²) < 4.78 is 5.95. The average molecular weight is 393 g/mol. The summed E-state index contributed by atoms with van der Waals surface area (Å²) in [6.07, 6.45) is 3.68. The van der Waals surface area contributed by atoms with Crippen LogP contribution in [0.2, 0.25) is 5.02 Å². The van der Waals surface area contributed by atoms with Crippen LogP contribution in [-0.2, 0) is 0 Å². The van der Waals surface area contributed by atoms with Crippen LogP contribution in [0.15, 0.2) is 59.1 Å². The zero-order chi connectivity index (χ0) is 19.3. The van der Waals surface area contributed by atoms with E-state index in [1.165, 1.54) is 30.4 Å². The van der Waals surface area contributed by atoms with Crippen LogP contribution in [0.1, 0.15) is 48.0 Å². The SMILES string of the molecule is Cc1ccc([C@H]2C[C@H]3CC[C@@H]([C@H]2c2cc(-c4ccc(Cl)cc4)no2)N3C)cc1. The lowest BCUT2D eigenvalue weighted by Crippen LogP contribution is -2.44. The molecule has 2 aliphatic rings. The topological polar surface area (TPSA) is 29.3 Å². The Labute approximate surface area is 171 Å². The standard InChI is InChI=1S/C24H25ClN2O/c1-15-3-5-16(6-4-15)20-13-19-11-12-22(27(19)2)24(20)23-14-21(26-28-23)17-7-9-18(25)10-8-17/h3-10,14,19-20,22,24H,11-13H2,1-2H3/t19-,20-,22+,24+/m1/s1. The second-order valence-electron chi connectivity index (χ2n) is 8.36. The predicted molar refractivity (Wildman–Crippen MR) is 113 cm³/mol. The molecule has 0 N–H and O–H groups in total. The first kappa shape index (κ1) is 18.0. The van der Waals surface area contributed by atoms with E-state index in [2.05, 4.69) is 54.4 Å². The molecule has 4 atom stereocenters. The molecule has 0 aliphatic carbocycles. The van der Waals surface area contributed by atoms with Gasteiger partial charge in [-0.3, -0.25) is 4.90 Å². The maximum Gasteiger partial charge on any atom is 0.142 e. The zero-order valence-electron chi connectivity index (χ0n) is 16.3. The minimum atomic E-state index is 0.333. The Balaban J connectivity index is 1.53. The molecule has 0 unspecified atom stereocenters. The van der Waals surface area contributed by atoms with Crippen LogP contribution >= 0.6 is 11.6 Å². The van der Waals surface area contributed by atoms with Crippen LogP contribution in [0.25, 0.3) is 11.3 Å². The Kier molecular flexibility index (Phi) is 4.53. The number of hydrogen-bond donors (Lipinski definition) is 0. The van der Waals surface area contributed by atoms with Crippen molar-refractivity contribution < 1.29 is 4.52 Å². The number of likely N-dealkylation sites (N-methyl/N-ethyl adjacent to an activating group) is 1. The molecule has 1 aromatic heterocycles. The van der Waals surface area contributed by atoms with Gasteiger partial charge < -0.3 is 4.52 Å². The number of fused-ring (bicyclic) bond motifs is 2. The normalized spacial score (nSPS) is 27.2. The Morgan fingerprint density at radius 1 is 1.04 bits per heavy atom. The molecule has 3 heterocycles. The predicted octanol–water partition coefficient (Wildman–Crippen LogP) is 6.04. The third kappa shape index (κ3) is 3.07. The maximum absolute atomic E-state index is 6.03. The average Bonchev–Trinajstić information content (AvgIpc) is 3.26. The van der Waals surface area contributed by atoms with Gasteiger partial charge in [0.25, 0.3) is 0 Å². The molecule has 144 valence electrons. The van der Waals surface area contributed by atoms with Crippen LogP contribution in [0, 0.1) is 6.92 Å². The molecule has 2 bridgehead atoms. The number of hydrogen-bond acceptors (Lipinski definition) is 3. The molecule has 2 fully saturated rings. The van der Waals surface area contributed by atoms with Gasteiger partial charge in [-0.1, -0.05) is 58.7 Å². The second kappa shape index (κ2) is 7.06. The quantitative estimate of drug-likeness (QED) is 0.544. The van der Waals surface area contributed by atoms with Gasteiger partial charge in [-0.25, -0.2) is 0 Å². The van der Waals surface area contributed by atoms with Gasteiger partial charge in [-0.2, -0.15) is 0 Å². The number of rotatable bonds is 3. The molecule has 4 heteroatoms. The van der Waals surface area contributed by atoms with Gasteiger partial charge >= 0.3 is 0 Å². The van der Waals surface area contributed by atoms with Crippen LogP contribution in [0.4, 0.5) is 0 Å². The number of nitrogens with zero attached hydrogens (tertiary/aromatic N) is 2. The van der Waals surface area contributed by atoms with Crippen LogP contribution in [0.3, 0.4) is 0 Å². The van der Waals surface area contributed by atoms with Gasteiger partial charge in [0.05, 0.1) is 0 Å². The van der Waals surface area contributed by atoms with Crippen molar-refractivity contribution in [1.82, 2.24) is 10.1 Å². The van der Waals surface area contributed by atoms with E-state index in [0.717, 1.165) is 22.0 Å². The van der Waals surface area contributed by atoms with E-state index in [9.17, 15) is 0 Å². The minimum absolute atomic E-state index is 0.333. The van der Waals surface area contributed by atoms with E-state index in [0.29, 0.717) is 23.9 Å². The fraction of sp³-hybridized carbons (Fsp3) is 0.375. The zero-order valence-corrected chi connectivity index (χ0v) is 17.1. The summed E-state index contributed by atoms with van der Waals surface area (Å²) in [7, 11) is 2.27. The Morgan fingerprint density at radius 2 is 1.79 bits per heavy atom. The summed E-state index contributed by atoms with van der Waals surface area (Å²) in [4.78, 5) is 2.57. The third-order valence-corrected chi connectivity index (χ3v) is 7.02. The van der Waals surface area contributed by atoms with Crippen molar-refractivity contribution in [3.8, 4) is 11.3 Å². The summed E-state index contributed by atoms with van der Waals surface area (Å²) in [5.74, 6) is 1.81. The van der Waals surface area contributed by atoms with Crippen LogP contribution in [-0.4, -0.2) is 29.2 Å². The van der Waals surface area contributed by atoms with E-state index in [1.54, 1.807) is 0 Å². The van der Waals surface area contributed by atoms with E-state index in [1.807, 2.05) is 24.3 Å². The smallest absolute Gasteiger partial charge is 0.142 e. The molecule has 2 aromatic carbocycles. The lowest BCUT2D eigenvalue weighted by molar-refractivity contribution is 0.122. The number of halogens is 1. The fourth-order valence-corrected chi connectivity index (χ4v) is 5.34. The highest BCUT2D eigenvalue weighted by Crippen LogP contribution is 2.51. The highest BCUT2D eigenvalue weighted by molar-refractivity contribution is 6.30. The van der Waals surface area contributed by atoms with Gasteiger partial charge in [-0.15, -0.1) is 0 Å². The van der Waals surface area contributed by atoms with Gasteiger partial charge in [0, 0.05) is 34.7 Å². The number of benzene rings is 2. The molecular weight excluding hydrogens is 368 g/mol. The third-order valence-electron chi connectivity index (χ3n) is 6.77. The number of piperidine rings is 1. The van der Waals surface area contributed by atoms with Crippen molar-refractivity contribution in [2.45, 2.75) is 50.1 Å². The molecule has 0 amide bonds. The van der Waals surface area contributed by atoms with E-state index >= 15 is 0 Å². The van der Waals surface area contributed by atoms with E-state index in [-0.39, 0.29) is 0 Å². The minimum Gasteiger partial charge on any atom is -0.360 e. The number of aryl methyl sites for hydroxylation is 1. The largest absolute Gasteiger partial charge is 0.360 e. The van der Waals surface area contributed by atoms with Gasteiger partial charge in [0.1, 0.15) is 11.5 Å². The summed E-state index contributed by atoms with van der Waals surface area (Å²) in [6, 6.07) is 20.2. The molecule has 0 saturated carbocycles. The summed E-state index contributed by atoms with van der Waals surface area (Å²) >= 11 is 6.03. The first-order chi connectivity index (χ1) is 13.6. The molecule has 3 aromatic rings. The van der Waals surface area contributed by atoms with E-state index < -0.39 is 0 Å². The van der Waals surface area contributed by atoms with Crippen molar-refractivity contribution in [1.29, 1.82) is 0 Å². The molecule has 0 radical (unpaired) electrons. The fourth-order valence-electron chi connectivity index (χ4n) is 5.21. The molecule has 3 nitrogen and oxygen atoms in total. The molecule has 0 spiro atoms. The molecular formula is C24H25ClN2O. The second-order valence-corrected chi connectivity index (χ2v) is 8.80. The molecule has 5 rings (SSSR count). The Bertz CT molecular complexity index is 963. The summed E-state index contributed by atoms with van der Waals surface area (Å²) in [5, 5.41) is 5.14. The highest BCUT2D eigenvalue weighted by atomic mass is 35.5. The molecule has 2 aliphatic heterocycles. The lowest BCUT2D eigenvalue weighted by Gasteiger charge is -2.42. The van der Waals surface area contributed by atoms with Gasteiger partial charge in [0.2, 0.25) is 0 Å². The van der Waals surface area contributed by atoms with Crippen molar-refractivity contribution >= 4 is 11.6 Å². The van der Waals surface area contributed by atoms with Crippen molar-refractivity contribution in [2.75, 3.05) is 7.05 Å². The first-order valence-corrected chi connectivity index (χ1v) is 10.5. The highest BCUT2D eigenvalue weighted by Gasteiger charge is 2.48. The van der Waals surface area contributed by atoms with Crippen molar-refractivity contribution in [3.63, 3.8) is 0 Å². The van der Waals surface area contributed by atoms with Crippen LogP contribution in [0.5, 0.6) is 0 Å². The van der Waals surface area contributed by atoms with Crippen molar-refractivity contribution in [2.24, 2.45) is 0 Å². The Hall–Kier alpha value is -2.10. The van der Waals surface area contributed by atoms with E-state index in [4.69, 9.17) is 16.1 Å². The molecule has 2 saturated heterocycles. The maximum atomic E-state index is 6.03. The van der Waals surface area contributed by atoms with Crippen molar-refractivity contribution in [3.05, 3.63) is 76.5 Å². The Morgan fingerprint density at radius 3 is 2.54 bits per heavy atom. The summed E-state index contributed by atoms with van der Waals surface area (Å²) in [5.41, 5.74) is 4.66. The summed E-state index contributed by atoms with van der Waals surface area (Å²) in [6.45, 7) is 2.15. The molecule has 28 heavy (non-hydrogen) atoms. The van der Waals surface area contributed by atoms with Crippen LogP contribution < -0.4 is 0 Å². The first-order valence-electron chi connectivity index (χ1n) is 10.1. The van der Waals surface area contributed by atoms with Gasteiger partial charge in [-0.05, 0) is 56.8 Å².